The molecule has 0 aliphatic carbocycles. The van der Waals surface area contributed by atoms with Crippen LogP contribution in [0.3, 0.4) is 0 Å². The Kier molecular flexibility index (Phi) is 4.19. The maximum atomic E-state index is 12.8. The smallest absolute Gasteiger partial charge is 0.257 e. The summed E-state index contributed by atoms with van der Waals surface area (Å²) < 4.78 is 17.6. The first-order valence-electron chi connectivity index (χ1n) is 7.04. The molecule has 6 heteroatoms. The van der Waals surface area contributed by atoms with Gasteiger partial charge in [-0.05, 0) is 24.6 Å². The minimum absolute atomic E-state index is 0.0440. The topological polar surface area (TPSA) is 48.0 Å². The molecule has 1 amide bonds. The van der Waals surface area contributed by atoms with Gasteiger partial charge in [0.2, 0.25) is 0 Å². The SMILES string of the molecule is COc1cc(Br)ccc1C(=O)N1CCCC2(C1)OCCO2. The van der Waals surface area contributed by atoms with Crippen LogP contribution in [0.4, 0.5) is 0 Å². The molecule has 2 aliphatic heterocycles. The third-order valence-corrected chi connectivity index (χ3v) is 4.41. The van der Waals surface area contributed by atoms with Crippen LogP contribution >= 0.6 is 15.9 Å². The summed E-state index contributed by atoms with van der Waals surface area (Å²) in [6, 6.07) is 5.43. The molecule has 0 radical (unpaired) electrons. The van der Waals surface area contributed by atoms with Gasteiger partial charge in [-0.25, -0.2) is 0 Å². The van der Waals surface area contributed by atoms with Crippen LogP contribution in [-0.2, 0) is 9.47 Å². The van der Waals surface area contributed by atoms with Crippen molar-refractivity contribution in [2.24, 2.45) is 0 Å². The van der Waals surface area contributed by atoms with Crippen LogP contribution in [0.25, 0.3) is 0 Å². The molecule has 1 aromatic rings. The zero-order valence-corrected chi connectivity index (χ0v) is 13.5. The standard InChI is InChI=1S/C15H18BrNO4/c1-19-13-9-11(16)3-4-12(13)14(18)17-6-2-5-15(10-17)20-7-8-21-15/h3-4,9H,2,5-8,10H2,1H3. The quantitative estimate of drug-likeness (QED) is 0.817. The highest BCUT2D eigenvalue weighted by molar-refractivity contribution is 9.10. The number of hydrogen-bond acceptors (Lipinski definition) is 4. The number of benzene rings is 1. The van der Waals surface area contributed by atoms with E-state index in [1.807, 2.05) is 6.07 Å². The summed E-state index contributed by atoms with van der Waals surface area (Å²) in [5, 5.41) is 0. The van der Waals surface area contributed by atoms with Gasteiger partial charge in [0.1, 0.15) is 5.75 Å². The van der Waals surface area contributed by atoms with E-state index in [1.54, 1.807) is 24.1 Å². The van der Waals surface area contributed by atoms with Crippen LogP contribution in [0, 0.1) is 0 Å². The Bertz CT molecular complexity index is 542. The Morgan fingerprint density at radius 2 is 2.14 bits per heavy atom. The fourth-order valence-corrected chi connectivity index (χ4v) is 3.25. The molecule has 2 heterocycles. The van der Waals surface area contributed by atoms with E-state index >= 15 is 0 Å². The van der Waals surface area contributed by atoms with Crippen LogP contribution in [0.5, 0.6) is 5.75 Å². The molecule has 0 bridgehead atoms. The third-order valence-electron chi connectivity index (χ3n) is 3.91. The van der Waals surface area contributed by atoms with Gasteiger partial charge in [0.05, 0.1) is 32.4 Å². The lowest BCUT2D eigenvalue weighted by Gasteiger charge is -2.38. The molecule has 2 fully saturated rings. The lowest BCUT2D eigenvalue weighted by Crippen LogP contribution is -2.51. The van der Waals surface area contributed by atoms with E-state index in [-0.39, 0.29) is 5.91 Å². The number of halogens is 1. The van der Waals surface area contributed by atoms with E-state index in [0.717, 1.165) is 17.3 Å². The Hall–Kier alpha value is -1.11. The van der Waals surface area contributed by atoms with E-state index in [1.165, 1.54) is 0 Å². The minimum Gasteiger partial charge on any atom is -0.496 e. The Morgan fingerprint density at radius 3 is 2.86 bits per heavy atom. The zero-order chi connectivity index (χ0) is 14.9. The number of methoxy groups -OCH3 is 1. The first kappa shape index (κ1) is 14.8. The summed E-state index contributed by atoms with van der Waals surface area (Å²) in [5.41, 5.74) is 0.566. The molecule has 114 valence electrons. The fourth-order valence-electron chi connectivity index (χ4n) is 2.91. The molecule has 0 N–H and O–H groups in total. The van der Waals surface area contributed by atoms with Crippen LogP contribution in [0.15, 0.2) is 22.7 Å². The van der Waals surface area contributed by atoms with Crippen molar-refractivity contribution in [2.45, 2.75) is 18.6 Å². The zero-order valence-electron chi connectivity index (χ0n) is 11.9. The number of ether oxygens (including phenoxy) is 3. The highest BCUT2D eigenvalue weighted by Crippen LogP contribution is 2.32. The van der Waals surface area contributed by atoms with Crippen LogP contribution < -0.4 is 4.74 Å². The van der Waals surface area contributed by atoms with Crippen molar-refractivity contribution in [3.8, 4) is 5.75 Å². The van der Waals surface area contributed by atoms with Gasteiger partial charge in [0.25, 0.3) is 5.91 Å². The van der Waals surface area contributed by atoms with Gasteiger partial charge >= 0.3 is 0 Å². The molecule has 0 saturated carbocycles. The third kappa shape index (κ3) is 2.93. The Balaban J connectivity index is 1.81. The number of hydrogen-bond donors (Lipinski definition) is 0. The molecule has 1 spiro atoms. The van der Waals surface area contributed by atoms with Crippen molar-refractivity contribution in [3.05, 3.63) is 28.2 Å². The number of rotatable bonds is 2. The molecule has 1 aromatic carbocycles. The number of nitrogens with zero attached hydrogens (tertiary/aromatic N) is 1. The van der Waals surface area contributed by atoms with Gasteiger partial charge in [0, 0.05) is 17.4 Å². The molecule has 0 unspecified atom stereocenters. The largest absolute Gasteiger partial charge is 0.496 e. The van der Waals surface area contributed by atoms with Crippen molar-refractivity contribution < 1.29 is 19.0 Å². The summed E-state index contributed by atoms with van der Waals surface area (Å²) in [4.78, 5) is 14.5. The van der Waals surface area contributed by atoms with E-state index in [2.05, 4.69) is 15.9 Å². The van der Waals surface area contributed by atoms with Crippen molar-refractivity contribution in [1.82, 2.24) is 4.90 Å². The predicted molar refractivity (Wildman–Crippen MR) is 80.5 cm³/mol. The molecule has 5 nitrogen and oxygen atoms in total. The van der Waals surface area contributed by atoms with Crippen molar-refractivity contribution in [1.29, 1.82) is 0 Å². The number of carbonyl (C=O) groups is 1. The van der Waals surface area contributed by atoms with E-state index in [9.17, 15) is 4.79 Å². The number of piperidine rings is 1. The van der Waals surface area contributed by atoms with Gasteiger partial charge in [-0.1, -0.05) is 15.9 Å². The summed E-state index contributed by atoms with van der Waals surface area (Å²) in [7, 11) is 1.57. The second-order valence-electron chi connectivity index (χ2n) is 5.28. The first-order chi connectivity index (χ1) is 10.1. The van der Waals surface area contributed by atoms with Gasteiger partial charge in [-0.15, -0.1) is 0 Å². The van der Waals surface area contributed by atoms with E-state index < -0.39 is 5.79 Å². The molecular weight excluding hydrogens is 338 g/mol. The fraction of sp³-hybridized carbons (Fsp3) is 0.533. The lowest BCUT2D eigenvalue weighted by molar-refractivity contribution is -0.183. The first-order valence-corrected chi connectivity index (χ1v) is 7.84. The van der Waals surface area contributed by atoms with Gasteiger partial charge < -0.3 is 19.1 Å². The molecule has 2 saturated heterocycles. The van der Waals surface area contributed by atoms with Crippen LogP contribution in [-0.4, -0.2) is 50.0 Å². The summed E-state index contributed by atoms with van der Waals surface area (Å²) in [5.74, 6) is -0.0731. The van der Waals surface area contributed by atoms with Gasteiger partial charge in [-0.3, -0.25) is 4.79 Å². The molecular formula is C15H18BrNO4. The van der Waals surface area contributed by atoms with E-state index in [4.69, 9.17) is 14.2 Å². The van der Waals surface area contributed by atoms with Crippen molar-refractivity contribution in [2.75, 3.05) is 33.4 Å². The molecule has 21 heavy (non-hydrogen) atoms. The number of carbonyl (C=O) groups excluding carboxylic acids is 1. The number of amides is 1. The van der Waals surface area contributed by atoms with E-state index in [0.29, 0.717) is 37.6 Å². The van der Waals surface area contributed by atoms with Crippen molar-refractivity contribution in [3.63, 3.8) is 0 Å². The Morgan fingerprint density at radius 1 is 1.38 bits per heavy atom. The lowest BCUT2D eigenvalue weighted by atomic mass is 10.0. The second kappa shape index (κ2) is 5.94. The van der Waals surface area contributed by atoms with Gasteiger partial charge in [0.15, 0.2) is 5.79 Å². The van der Waals surface area contributed by atoms with Crippen LogP contribution in [0.2, 0.25) is 0 Å². The maximum Gasteiger partial charge on any atom is 0.257 e. The summed E-state index contributed by atoms with van der Waals surface area (Å²) >= 11 is 3.39. The van der Waals surface area contributed by atoms with Crippen molar-refractivity contribution >= 4 is 21.8 Å². The molecule has 2 aliphatic rings. The predicted octanol–water partition coefficient (Wildman–Crippen LogP) is 2.44. The molecule has 0 atom stereocenters. The van der Waals surface area contributed by atoms with Gasteiger partial charge in [-0.2, -0.15) is 0 Å². The average Bonchev–Trinajstić information content (AvgIpc) is 2.94. The monoisotopic (exact) mass is 355 g/mol. The molecule has 0 aromatic heterocycles. The number of likely N-dealkylation sites (tertiary alicyclic amines) is 1. The minimum atomic E-state index is -0.601. The van der Waals surface area contributed by atoms with Crippen LogP contribution in [0.1, 0.15) is 23.2 Å². The highest BCUT2D eigenvalue weighted by atomic mass is 79.9. The summed E-state index contributed by atoms with van der Waals surface area (Å²) in [6.45, 7) is 2.39. The Labute approximate surface area is 132 Å². The second-order valence-corrected chi connectivity index (χ2v) is 6.20. The summed E-state index contributed by atoms with van der Waals surface area (Å²) in [6.07, 6.45) is 1.72. The maximum absolute atomic E-state index is 12.8. The average molecular weight is 356 g/mol. The highest BCUT2D eigenvalue weighted by Gasteiger charge is 2.42. The normalized spacial score (nSPS) is 20.8. The molecule has 3 rings (SSSR count).